The largest absolute Gasteiger partial charge is 0.366 e. The number of amides is 2. The molecule has 3 rings (SSSR count). The lowest BCUT2D eigenvalue weighted by atomic mass is 9.96. The number of carbonyl (C=O) groups is 2. The smallest absolute Gasteiger partial charge is 0.254 e. The topological polar surface area (TPSA) is 76.3 Å². The van der Waals surface area contributed by atoms with Crippen LogP contribution in [0, 0.1) is 0 Å². The van der Waals surface area contributed by atoms with E-state index in [1.165, 1.54) is 6.20 Å². The highest BCUT2D eigenvalue weighted by atomic mass is 32.2. The molecule has 2 aliphatic heterocycles. The number of pyridine rings is 1. The van der Waals surface area contributed by atoms with Crippen molar-refractivity contribution in [3.05, 3.63) is 35.2 Å². The Balaban J connectivity index is 1.91. The number of nitrogens with two attached hydrogens (primary N) is 1. The maximum atomic E-state index is 12.3. The molecule has 0 radical (unpaired) electrons. The molecule has 0 spiro atoms. The summed E-state index contributed by atoms with van der Waals surface area (Å²) in [5, 5.41) is 0.0848. The number of primary amides is 1. The van der Waals surface area contributed by atoms with Gasteiger partial charge in [0.15, 0.2) is 0 Å². The second-order valence-corrected chi connectivity index (χ2v) is 7.63. The molecule has 0 aliphatic carbocycles. The van der Waals surface area contributed by atoms with E-state index in [0.717, 1.165) is 5.57 Å². The molecule has 2 atom stereocenters. The van der Waals surface area contributed by atoms with Crippen molar-refractivity contribution in [2.75, 3.05) is 0 Å². The van der Waals surface area contributed by atoms with Crippen LogP contribution in [0.15, 0.2) is 23.9 Å². The zero-order valence-corrected chi connectivity index (χ0v) is 13.0. The number of rotatable bonds is 2. The van der Waals surface area contributed by atoms with Gasteiger partial charge < -0.3 is 10.6 Å². The summed E-state index contributed by atoms with van der Waals surface area (Å²) in [6.07, 6.45) is 3.29. The highest BCUT2D eigenvalue weighted by Crippen LogP contribution is 2.52. The molecule has 2 amide bonds. The van der Waals surface area contributed by atoms with Crippen molar-refractivity contribution in [1.82, 2.24) is 9.88 Å². The fourth-order valence-corrected chi connectivity index (χ4v) is 4.21. The summed E-state index contributed by atoms with van der Waals surface area (Å²) in [4.78, 5) is 29.6. The van der Waals surface area contributed by atoms with E-state index in [4.69, 9.17) is 5.73 Å². The minimum atomic E-state index is -0.497. The summed E-state index contributed by atoms with van der Waals surface area (Å²) in [6.45, 7) is 6.38. The van der Waals surface area contributed by atoms with Gasteiger partial charge in [0, 0.05) is 22.5 Å². The van der Waals surface area contributed by atoms with Crippen LogP contribution in [0.3, 0.4) is 0 Å². The van der Waals surface area contributed by atoms with Gasteiger partial charge >= 0.3 is 0 Å². The van der Waals surface area contributed by atoms with Crippen LogP contribution < -0.4 is 5.73 Å². The van der Waals surface area contributed by atoms with Crippen molar-refractivity contribution in [3.63, 3.8) is 0 Å². The molecule has 6 heteroatoms. The number of aromatic nitrogens is 1. The predicted molar refractivity (Wildman–Crippen MR) is 82.5 cm³/mol. The SMILES string of the molecule is C[C@@H]1N2C(=O)/C(=C/c3cc(C(N)=O)ccn3)C2SC1(C)C. The van der Waals surface area contributed by atoms with E-state index in [0.29, 0.717) is 11.3 Å². The Morgan fingerprint density at radius 2 is 2.24 bits per heavy atom. The van der Waals surface area contributed by atoms with Gasteiger partial charge in [-0.1, -0.05) is 0 Å². The molecule has 2 N–H and O–H groups in total. The third-order valence-corrected chi connectivity index (χ3v) is 5.86. The zero-order valence-electron chi connectivity index (χ0n) is 12.2. The monoisotopic (exact) mass is 303 g/mol. The Labute approximate surface area is 127 Å². The van der Waals surface area contributed by atoms with Crippen LogP contribution in [0.5, 0.6) is 0 Å². The van der Waals surface area contributed by atoms with E-state index < -0.39 is 5.91 Å². The molecule has 2 saturated heterocycles. The number of nitrogens with zero attached hydrogens (tertiary/aromatic N) is 2. The number of thioether (sulfide) groups is 1. The van der Waals surface area contributed by atoms with Crippen molar-refractivity contribution in [1.29, 1.82) is 0 Å². The van der Waals surface area contributed by atoms with Crippen molar-refractivity contribution < 1.29 is 9.59 Å². The van der Waals surface area contributed by atoms with E-state index in [1.807, 2.05) is 4.90 Å². The highest BCUT2D eigenvalue weighted by molar-refractivity contribution is 8.01. The lowest BCUT2D eigenvalue weighted by Crippen LogP contribution is -2.54. The van der Waals surface area contributed by atoms with E-state index in [9.17, 15) is 9.59 Å². The summed E-state index contributed by atoms with van der Waals surface area (Å²) in [5.74, 6) is -0.444. The Hall–Kier alpha value is -1.82. The van der Waals surface area contributed by atoms with E-state index in [2.05, 4.69) is 25.8 Å². The lowest BCUT2D eigenvalue weighted by molar-refractivity contribution is -0.135. The van der Waals surface area contributed by atoms with E-state index in [-0.39, 0.29) is 22.1 Å². The second kappa shape index (κ2) is 4.59. The first-order valence-electron chi connectivity index (χ1n) is 6.79. The molecule has 0 saturated carbocycles. The molecular weight excluding hydrogens is 286 g/mol. The molecule has 1 aromatic heterocycles. The molecular formula is C15H17N3O2S. The van der Waals surface area contributed by atoms with Gasteiger partial charge in [-0.2, -0.15) is 0 Å². The lowest BCUT2D eigenvalue weighted by Gasteiger charge is -2.39. The Morgan fingerprint density at radius 1 is 1.52 bits per heavy atom. The molecule has 2 aliphatic rings. The fourth-order valence-electron chi connectivity index (χ4n) is 2.64. The normalized spacial score (nSPS) is 28.4. The summed E-state index contributed by atoms with van der Waals surface area (Å²) in [6, 6.07) is 3.39. The Kier molecular flexibility index (Phi) is 3.09. The first-order valence-corrected chi connectivity index (χ1v) is 7.67. The zero-order chi connectivity index (χ0) is 15.4. The van der Waals surface area contributed by atoms with Gasteiger partial charge in [0.2, 0.25) is 5.91 Å². The molecule has 0 bridgehead atoms. The van der Waals surface area contributed by atoms with Crippen molar-refractivity contribution in [3.8, 4) is 0 Å². The van der Waals surface area contributed by atoms with Gasteiger partial charge in [0.05, 0.1) is 11.3 Å². The maximum Gasteiger partial charge on any atom is 0.254 e. The van der Waals surface area contributed by atoms with Crippen LogP contribution in [-0.4, -0.2) is 37.9 Å². The first-order chi connectivity index (χ1) is 9.81. The van der Waals surface area contributed by atoms with E-state index in [1.54, 1.807) is 30.0 Å². The number of fused-ring (bicyclic) bond motifs is 1. The van der Waals surface area contributed by atoms with Crippen LogP contribution in [0.4, 0.5) is 0 Å². The summed E-state index contributed by atoms with van der Waals surface area (Å²) >= 11 is 1.78. The summed E-state index contributed by atoms with van der Waals surface area (Å²) in [7, 11) is 0. The third-order valence-electron chi connectivity index (χ3n) is 4.21. The molecule has 1 aromatic rings. The van der Waals surface area contributed by atoms with Crippen molar-refractivity contribution in [2.24, 2.45) is 5.73 Å². The minimum Gasteiger partial charge on any atom is -0.366 e. The molecule has 21 heavy (non-hydrogen) atoms. The van der Waals surface area contributed by atoms with Gasteiger partial charge in [-0.25, -0.2) is 0 Å². The van der Waals surface area contributed by atoms with Crippen LogP contribution in [0.1, 0.15) is 36.8 Å². The third kappa shape index (κ3) is 2.14. The van der Waals surface area contributed by atoms with E-state index >= 15 is 0 Å². The quantitative estimate of drug-likeness (QED) is 0.666. The summed E-state index contributed by atoms with van der Waals surface area (Å²) < 4.78 is 0.0401. The van der Waals surface area contributed by atoms with Gasteiger partial charge in [-0.05, 0) is 39.0 Å². The Bertz CT molecular complexity index is 669. The molecule has 0 aromatic carbocycles. The molecule has 3 heterocycles. The molecule has 110 valence electrons. The molecule has 1 unspecified atom stereocenters. The number of hydrogen-bond acceptors (Lipinski definition) is 4. The van der Waals surface area contributed by atoms with Crippen molar-refractivity contribution >= 4 is 29.7 Å². The number of hydrogen-bond donors (Lipinski definition) is 1. The van der Waals surface area contributed by atoms with Crippen LogP contribution in [0.25, 0.3) is 6.08 Å². The predicted octanol–water partition coefficient (Wildman–Crippen LogP) is 1.65. The number of carbonyl (C=O) groups excluding carboxylic acids is 2. The average Bonchev–Trinajstić information content (AvgIpc) is 2.64. The van der Waals surface area contributed by atoms with Crippen LogP contribution >= 0.6 is 11.8 Å². The minimum absolute atomic E-state index is 0.0401. The van der Waals surface area contributed by atoms with Gasteiger partial charge in [0.25, 0.3) is 5.91 Å². The Morgan fingerprint density at radius 3 is 2.90 bits per heavy atom. The standard InChI is InChI=1S/C15H17N3O2S/c1-8-15(2,3)21-14-11(13(20)18(8)14)7-10-6-9(12(16)19)4-5-17-10/h4-8,14H,1-3H3,(H2,16,19)/b11-7-/t8-,14?/m0/s1. The van der Waals surface area contributed by atoms with Crippen LogP contribution in [0.2, 0.25) is 0 Å². The van der Waals surface area contributed by atoms with Crippen LogP contribution in [-0.2, 0) is 4.79 Å². The van der Waals surface area contributed by atoms with Gasteiger partial charge in [-0.15, -0.1) is 11.8 Å². The molecule has 5 nitrogen and oxygen atoms in total. The van der Waals surface area contributed by atoms with Gasteiger partial charge in [0.1, 0.15) is 5.37 Å². The number of β-lactam (4-membered cyclic amide) rings is 1. The average molecular weight is 303 g/mol. The fraction of sp³-hybridized carbons (Fsp3) is 0.400. The summed E-state index contributed by atoms with van der Waals surface area (Å²) in [5.41, 5.74) is 6.99. The first kappa shape index (κ1) is 14.1. The molecule has 2 fully saturated rings. The highest BCUT2D eigenvalue weighted by Gasteiger charge is 2.56. The van der Waals surface area contributed by atoms with Crippen molar-refractivity contribution in [2.45, 2.75) is 36.9 Å². The second-order valence-electron chi connectivity index (χ2n) is 5.90. The van der Waals surface area contributed by atoms with Gasteiger partial charge in [-0.3, -0.25) is 14.6 Å². The maximum absolute atomic E-state index is 12.3.